The molecule has 0 aromatic carbocycles. The molecule has 0 aliphatic carbocycles. The molecule has 0 unspecified atom stereocenters. The second-order valence-corrected chi connectivity index (χ2v) is 3.35. The van der Waals surface area contributed by atoms with E-state index < -0.39 is 0 Å². The predicted molar refractivity (Wildman–Crippen MR) is 57.1 cm³/mol. The van der Waals surface area contributed by atoms with Gasteiger partial charge in [-0.15, -0.1) is 0 Å². The van der Waals surface area contributed by atoms with Crippen molar-refractivity contribution >= 4 is 16.9 Å². The van der Waals surface area contributed by atoms with Crippen molar-refractivity contribution in [1.29, 1.82) is 5.26 Å². The lowest BCUT2D eigenvalue weighted by atomic mass is 10.0. The predicted octanol–water partition coefficient (Wildman–Crippen LogP) is 1.28. The molecule has 3 N–H and O–H groups in total. The largest absolute Gasteiger partial charge is 0.383 e. The van der Waals surface area contributed by atoms with Gasteiger partial charge in [0.25, 0.3) is 0 Å². The molecule has 5 heteroatoms. The molecule has 76 valence electrons. The van der Waals surface area contributed by atoms with Crippen LogP contribution in [0.2, 0.25) is 0 Å². The third-order valence-electron chi connectivity index (χ3n) is 2.50. The van der Waals surface area contributed by atoms with Gasteiger partial charge in [0.2, 0.25) is 0 Å². The first-order valence-electron chi connectivity index (χ1n) is 4.72. The first kappa shape index (κ1) is 9.46. The van der Waals surface area contributed by atoms with Gasteiger partial charge >= 0.3 is 0 Å². The number of nitrogen functional groups attached to an aromatic ring is 1. The average Bonchev–Trinajstić information content (AvgIpc) is 2.58. The monoisotopic (exact) mass is 201 g/mol. The van der Waals surface area contributed by atoms with Crippen LogP contribution >= 0.6 is 0 Å². The number of pyridine rings is 1. The Morgan fingerprint density at radius 3 is 2.87 bits per heavy atom. The Morgan fingerprint density at radius 2 is 2.27 bits per heavy atom. The SMILES string of the molecule is CCc1c(C)nc2n[nH]c(N)c2c1C#N. The second-order valence-electron chi connectivity index (χ2n) is 3.35. The Balaban J connectivity index is 2.96. The van der Waals surface area contributed by atoms with Gasteiger partial charge in [0, 0.05) is 5.69 Å². The lowest BCUT2D eigenvalue weighted by Gasteiger charge is -2.05. The molecular formula is C10H11N5. The summed E-state index contributed by atoms with van der Waals surface area (Å²) in [5.41, 5.74) is 8.60. The van der Waals surface area contributed by atoms with Gasteiger partial charge in [-0.25, -0.2) is 4.98 Å². The molecule has 0 aliphatic rings. The van der Waals surface area contributed by atoms with Crippen LogP contribution in [0.15, 0.2) is 0 Å². The fourth-order valence-electron chi connectivity index (χ4n) is 1.79. The summed E-state index contributed by atoms with van der Waals surface area (Å²) in [6.07, 6.45) is 0.766. The number of fused-ring (bicyclic) bond motifs is 1. The Morgan fingerprint density at radius 1 is 1.53 bits per heavy atom. The number of nitrogens with two attached hydrogens (primary N) is 1. The van der Waals surface area contributed by atoms with E-state index in [0.717, 1.165) is 17.7 Å². The van der Waals surface area contributed by atoms with Gasteiger partial charge in [0.05, 0.1) is 10.9 Å². The van der Waals surface area contributed by atoms with E-state index in [9.17, 15) is 0 Å². The Labute approximate surface area is 86.9 Å². The van der Waals surface area contributed by atoms with Crippen molar-refractivity contribution in [2.45, 2.75) is 20.3 Å². The smallest absolute Gasteiger partial charge is 0.184 e. The first-order chi connectivity index (χ1) is 7.19. The van der Waals surface area contributed by atoms with E-state index in [0.29, 0.717) is 22.4 Å². The van der Waals surface area contributed by atoms with Gasteiger partial charge in [-0.05, 0) is 18.9 Å². The quantitative estimate of drug-likeness (QED) is 0.727. The molecule has 0 amide bonds. The zero-order valence-electron chi connectivity index (χ0n) is 8.63. The molecule has 0 saturated heterocycles. The fraction of sp³-hybridized carbons (Fsp3) is 0.300. The van der Waals surface area contributed by atoms with E-state index in [1.807, 2.05) is 13.8 Å². The van der Waals surface area contributed by atoms with Crippen LogP contribution in [0.25, 0.3) is 11.0 Å². The van der Waals surface area contributed by atoms with Crippen LogP contribution in [0, 0.1) is 18.3 Å². The number of nitrogens with zero attached hydrogens (tertiary/aromatic N) is 3. The highest BCUT2D eigenvalue weighted by Crippen LogP contribution is 2.25. The molecule has 0 spiro atoms. The minimum absolute atomic E-state index is 0.406. The van der Waals surface area contributed by atoms with Gasteiger partial charge in [-0.3, -0.25) is 5.10 Å². The average molecular weight is 201 g/mol. The number of anilines is 1. The molecule has 0 aliphatic heterocycles. The summed E-state index contributed by atoms with van der Waals surface area (Å²) in [6.45, 7) is 3.87. The number of rotatable bonds is 1. The van der Waals surface area contributed by atoms with Crippen molar-refractivity contribution in [3.8, 4) is 6.07 Å². The summed E-state index contributed by atoms with van der Waals surface area (Å²) >= 11 is 0. The molecule has 2 aromatic heterocycles. The van der Waals surface area contributed by atoms with Gasteiger partial charge in [0.15, 0.2) is 5.65 Å². The van der Waals surface area contributed by atoms with Crippen LogP contribution in [0.4, 0.5) is 5.82 Å². The van der Waals surface area contributed by atoms with Crippen molar-refractivity contribution in [1.82, 2.24) is 15.2 Å². The molecule has 2 heterocycles. The van der Waals surface area contributed by atoms with Gasteiger partial charge in [-0.2, -0.15) is 10.4 Å². The second kappa shape index (κ2) is 3.24. The molecule has 2 rings (SSSR count). The third kappa shape index (κ3) is 1.22. The number of hydrogen-bond donors (Lipinski definition) is 2. The van der Waals surface area contributed by atoms with E-state index in [-0.39, 0.29) is 0 Å². The summed E-state index contributed by atoms with van der Waals surface area (Å²) < 4.78 is 0. The van der Waals surface area contributed by atoms with Crippen LogP contribution in [0.1, 0.15) is 23.7 Å². The van der Waals surface area contributed by atoms with Crippen molar-refractivity contribution in [3.05, 3.63) is 16.8 Å². The maximum Gasteiger partial charge on any atom is 0.184 e. The summed E-state index contributed by atoms with van der Waals surface area (Å²) in [7, 11) is 0. The molecular weight excluding hydrogens is 190 g/mol. The fourth-order valence-corrected chi connectivity index (χ4v) is 1.79. The number of nitriles is 1. The number of nitrogens with one attached hydrogen (secondary N) is 1. The highest BCUT2D eigenvalue weighted by molar-refractivity contribution is 5.92. The standard InChI is InChI=1S/C10H11N5/c1-3-6-5(2)13-10-8(7(6)4-11)9(12)14-15-10/h3H2,1-2H3,(H3,12,13,14,15). The molecule has 0 saturated carbocycles. The summed E-state index contributed by atoms with van der Waals surface area (Å²) in [5, 5.41) is 16.4. The Bertz CT molecular complexity index is 561. The van der Waals surface area contributed by atoms with E-state index in [1.165, 1.54) is 0 Å². The zero-order chi connectivity index (χ0) is 11.0. The number of aromatic amines is 1. The molecule has 2 aromatic rings. The van der Waals surface area contributed by atoms with Gasteiger partial charge < -0.3 is 5.73 Å². The normalized spacial score (nSPS) is 10.5. The number of aromatic nitrogens is 3. The van der Waals surface area contributed by atoms with E-state index in [2.05, 4.69) is 21.3 Å². The highest BCUT2D eigenvalue weighted by atomic mass is 15.2. The maximum absolute atomic E-state index is 9.14. The lowest BCUT2D eigenvalue weighted by Crippen LogP contribution is -1.98. The molecule has 5 nitrogen and oxygen atoms in total. The van der Waals surface area contributed by atoms with Crippen molar-refractivity contribution in [2.24, 2.45) is 0 Å². The zero-order valence-corrected chi connectivity index (χ0v) is 8.63. The number of H-pyrrole nitrogens is 1. The van der Waals surface area contributed by atoms with Crippen LogP contribution in [-0.2, 0) is 6.42 Å². The lowest BCUT2D eigenvalue weighted by molar-refractivity contribution is 1.04. The van der Waals surface area contributed by atoms with Crippen LogP contribution in [-0.4, -0.2) is 15.2 Å². The number of hydrogen-bond acceptors (Lipinski definition) is 4. The van der Waals surface area contributed by atoms with Crippen LogP contribution in [0.3, 0.4) is 0 Å². The third-order valence-corrected chi connectivity index (χ3v) is 2.50. The minimum atomic E-state index is 0.406. The molecule has 0 atom stereocenters. The van der Waals surface area contributed by atoms with Crippen LogP contribution < -0.4 is 5.73 Å². The topological polar surface area (TPSA) is 91.4 Å². The summed E-state index contributed by atoms with van der Waals surface area (Å²) in [5.74, 6) is 0.406. The first-order valence-corrected chi connectivity index (χ1v) is 4.72. The molecule has 0 radical (unpaired) electrons. The van der Waals surface area contributed by atoms with Crippen LogP contribution in [0.5, 0.6) is 0 Å². The van der Waals surface area contributed by atoms with Crippen molar-refractivity contribution < 1.29 is 0 Å². The maximum atomic E-state index is 9.14. The molecule has 0 fully saturated rings. The van der Waals surface area contributed by atoms with Gasteiger partial charge in [0.1, 0.15) is 11.9 Å². The minimum Gasteiger partial charge on any atom is -0.383 e. The summed E-state index contributed by atoms with van der Waals surface area (Å²) in [4.78, 5) is 4.30. The highest BCUT2D eigenvalue weighted by Gasteiger charge is 2.15. The number of aryl methyl sites for hydroxylation is 1. The Hall–Kier alpha value is -2.09. The van der Waals surface area contributed by atoms with Gasteiger partial charge in [-0.1, -0.05) is 6.92 Å². The van der Waals surface area contributed by atoms with Crippen molar-refractivity contribution in [2.75, 3.05) is 5.73 Å². The molecule has 0 bridgehead atoms. The van der Waals surface area contributed by atoms with E-state index in [4.69, 9.17) is 11.0 Å². The summed E-state index contributed by atoms with van der Waals surface area (Å²) in [6, 6.07) is 2.18. The Kier molecular flexibility index (Phi) is 2.05. The van der Waals surface area contributed by atoms with Crippen molar-refractivity contribution in [3.63, 3.8) is 0 Å². The van der Waals surface area contributed by atoms with E-state index >= 15 is 0 Å². The molecule has 15 heavy (non-hydrogen) atoms. The van der Waals surface area contributed by atoms with E-state index in [1.54, 1.807) is 0 Å².